The van der Waals surface area contributed by atoms with Crippen molar-refractivity contribution in [2.24, 2.45) is 5.92 Å². The second-order valence-electron chi connectivity index (χ2n) is 6.36. The first-order valence-electron chi connectivity index (χ1n) is 8.13. The third kappa shape index (κ3) is 4.86. The van der Waals surface area contributed by atoms with Crippen LogP contribution in [-0.2, 0) is 11.3 Å². The van der Waals surface area contributed by atoms with Gasteiger partial charge in [0.25, 0.3) is 5.91 Å². The zero-order valence-electron chi connectivity index (χ0n) is 13.6. The van der Waals surface area contributed by atoms with Crippen molar-refractivity contribution in [1.82, 2.24) is 10.2 Å². The van der Waals surface area contributed by atoms with E-state index in [2.05, 4.69) is 5.32 Å². The van der Waals surface area contributed by atoms with Gasteiger partial charge < -0.3 is 10.2 Å². The fourth-order valence-corrected chi connectivity index (χ4v) is 2.95. The molecule has 1 aliphatic carbocycles. The Hall–Kier alpha value is -1.84. The quantitative estimate of drug-likeness (QED) is 0.878. The van der Waals surface area contributed by atoms with E-state index in [4.69, 9.17) is 0 Å². The Bertz CT molecular complexity index is 502. The van der Waals surface area contributed by atoms with Gasteiger partial charge in [-0.3, -0.25) is 9.59 Å². The summed E-state index contributed by atoms with van der Waals surface area (Å²) in [5.74, 6) is 0.870. The van der Waals surface area contributed by atoms with Gasteiger partial charge >= 0.3 is 0 Å². The Kier molecular flexibility index (Phi) is 5.99. The summed E-state index contributed by atoms with van der Waals surface area (Å²) < 4.78 is 0. The molecule has 0 bridgehead atoms. The summed E-state index contributed by atoms with van der Waals surface area (Å²) in [6, 6.07) is 7.41. The van der Waals surface area contributed by atoms with E-state index >= 15 is 0 Å². The Morgan fingerprint density at radius 2 is 1.77 bits per heavy atom. The molecule has 1 aromatic rings. The molecule has 0 unspecified atom stereocenters. The highest BCUT2D eigenvalue weighted by Gasteiger charge is 2.16. The van der Waals surface area contributed by atoms with Crippen LogP contribution >= 0.6 is 0 Å². The zero-order chi connectivity index (χ0) is 15.9. The molecule has 4 nitrogen and oxygen atoms in total. The lowest BCUT2D eigenvalue weighted by molar-refractivity contribution is -0.121. The molecule has 2 amide bonds. The van der Waals surface area contributed by atoms with Crippen molar-refractivity contribution in [3.05, 3.63) is 35.4 Å². The number of nitrogens with one attached hydrogen (secondary N) is 1. The molecule has 120 valence electrons. The first-order chi connectivity index (χ1) is 10.6. The maximum Gasteiger partial charge on any atom is 0.253 e. The number of amides is 2. The highest BCUT2D eigenvalue weighted by Crippen LogP contribution is 2.28. The molecule has 1 saturated carbocycles. The van der Waals surface area contributed by atoms with Gasteiger partial charge in [-0.1, -0.05) is 37.8 Å². The molecular formula is C18H26N2O2. The lowest BCUT2D eigenvalue weighted by Crippen LogP contribution is -2.23. The summed E-state index contributed by atoms with van der Waals surface area (Å²) in [5, 5.41) is 2.96. The molecular weight excluding hydrogens is 276 g/mol. The minimum absolute atomic E-state index is 0.00727. The van der Waals surface area contributed by atoms with Gasteiger partial charge in [0.15, 0.2) is 0 Å². The fourth-order valence-electron chi connectivity index (χ4n) is 2.95. The molecule has 0 aromatic heterocycles. The maximum absolute atomic E-state index is 11.9. The topological polar surface area (TPSA) is 49.4 Å². The van der Waals surface area contributed by atoms with Crippen LogP contribution in [0.4, 0.5) is 0 Å². The third-order valence-electron chi connectivity index (χ3n) is 4.35. The summed E-state index contributed by atoms with van der Waals surface area (Å²) in [6.45, 7) is 0.528. The SMILES string of the molecule is CN(C)C(=O)c1ccc(CNC(=O)CCC2CCCC2)cc1. The Labute approximate surface area is 132 Å². The van der Waals surface area contributed by atoms with Crippen LogP contribution in [0.3, 0.4) is 0 Å². The molecule has 1 fully saturated rings. The molecule has 0 spiro atoms. The van der Waals surface area contributed by atoms with Crippen LogP contribution < -0.4 is 5.32 Å². The van der Waals surface area contributed by atoms with Crippen LogP contribution in [0.15, 0.2) is 24.3 Å². The van der Waals surface area contributed by atoms with Crippen LogP contribution in [0.1, 0.15) is 54.4 Å². The smallest absolute Gasteiger partial charge is 0.253 e. The average Bonchev–Trinajstić information content (AvgIpc) is 3.04. The Morgan fingerprint density at radius 1 is 1.14 bits per heavy atom. The van der Waals surface area contributed by atoms with Crippen molar-refractivity contribution < 1.29 is 9.59 Å². The van der Waals surface area contributed by atoms with E-state index in [-0.39, 0.29) is 11.8 Å². The summed E-state index contributed by atoms with van der Waals surface area (Å²) in [7, 11) is 3.47. The van der Waals surface area contributed by atoms with Gasteiger partial charge in [0.1, 0.15) is 0 Å². The third-order valence-corrected chi connectivity index (χ3v) is 4.35. The molecule has 1 aliphatic rings. The minimum Gasteiger partial charge on any atom is -0.352 e. The van der Waals surface area contributed by atoms with E-state index in [1.165, 1.54) is 25.7 Å². The zero-order valence-corrected chi connectivity index (χ0v) is 13.6. The Balaban J connectivity index is 1.74. The normalized spacial score (nSPS) is 14.8. The lowest BCUT2D eigenvalue weighted by atomic mass is 10.0. The van der Waals surface area contributed by atoms with Crippen molar-refractivity contribution >= 4 is 11.8 Å². The van der Waals surface area contributed by atoms with Gasteiger partial charge in [-0.05, 0) is 30.0 Å². The van der Waals surface area contributed by atoms with E-state index < -0.39 is 0 Å². The molecule has 0 saturated heterocycles. The van der Waals surface area contributed by atoms with Gasteiger partial charge in [-0.25, -0.2) is 0 Å². The summed E-state index contributed by atoms with van der Waals surface area (Å²) >= 11 is 0. The van der Waals surface area contributed by atoms with E-state index in [0.29, 0.717) is 18.5 Å². The highest BCUT2D eigenvalue weighted by atomic mass is 16.2. The van der Waals surface area contributed by atoms with E-state index in [1.54, 1.807) is 19.0 Å². The van der Waals surface area contributed by atoms with Crippen LogP contribution in [0.25, 0.3) is 0 Å². The molecule has 4 heteroatoms. The van der Waals surface area contributed by atoms with Gasteiger partial charge in [-0.15, -0.1) is 0 Å². The second-order valence-corrected chi connectivity index (χ2v) is 6.36. The maximum atomic E-state index is 11.9. The van der Waals surface area contributed by atoms with Crippen LogP contribution in [0, 0.1) is 5.92 Å². The van der Waals surface area contributed by atoms with E-state index in [0.717, 1.165) is 17.9 Å². The minimum atomic E-state index is -0.00727. The standard InChI is InChI=1S/C18H26N2O2/c1-20(2)18(22)16-10-7-15(8-11-16)13-19-17(21)12-9-14-5-3-4-6-14/h7-8,10-11,14H,3-6,9,12-13H2,1-2H3,(H,19,21). The number of rotatable bonds is 6. The molecule has 0 atom stereocenters. The predicted molar refractivity (Wildman–Crippen MR) is 87.5 cm³/mol. The van der Waals surface area contributed by atoms with Gasteiger partial charge in [0, 0.05) is 32.6 Å². The van der Waals surface area contributed by atoms with Gasteiger partial charge in [-0.2, -0.15) is 0 Å². The number of nitrogens with zero attached hydrogens (tertiary/aromatic N) is 1. The predicted octanol–water partition coefficient (Wildman–Crippen LogP) is 2.98. The van der Waals surface area contributed by atoms with Crippen molar-refractivity contribution in [3.63, 3.8) is 0 Å². The number of hydrogen-bond acceptors (Lipinski definition) is 2. The number of carbonyl (C=O) groups excluding carboxylic acids is 2. The van der Waals surface area contributed by atoms with Crippen molar-refractivity contribution in [2.75, 3.05) is 14.1 Å². The Morgan fingerprint density at radius 3 is 2.36 bits per heavy atom. The molecule has 1 N–H and O–H groups in total. The average molecular weight is 302 g/mol. The van der Waals surface area contributed by atoms with Gasteiger partial charge in [0.05, 0.1) is 0 Å². The number of benzene rings is 1. The van der Waals surface area contributed by atoms with Crippen molar-refractivity contribution in [1.29, 1.82) is 0 Å². The molecule has 1 aromatic carbocycles. The number of hydrogen-bond donors (Lipinski definition) is 1. The summed E-state index contributed by atoms with van der Waals surface area (Å²) in [6.07, 6.45) is 6.86. The van der Waals surface area contributed by atoms with E-state index in [9.17, 15) is 9.59 Å². The van der Waals surface area contributed by atoms with Crippen LogP contribution in [0.5, 0.6) is 0 Å². The van der Waals surface area contributed by atoms with Crippen LogP contribution in [-0.4, -0.2) is 30.8 Å². The molecule has 22 heavy (non-hydrogen) atoms. The summed E-state index contributed by atoms with van der Waals surface area (Å²) in [4.78, 5) is 25.2. The second kappa shape index (κ2) is 7.97. The molecule has 2 rings (SSSR count). The van der Waals surface area contributed by atoms with E-state index in [1.807, 2.05) is 24.3 Å². The largest absolute Gasteiger partial charge is 0.352 e. The molecule has 0 radical (unpaired) electrons. The van der Waals surface area contributed by atoms with Crippen molar-refractivity contribution in [2.45, 2.75) is 45.1 Å². The monoisotopic (exact) mass is 302 g/mol. The van der Waals surface area contributed by atoms with Crippen LogP contribution in [0.2, 0.25) is 0 Å². The lowest BCUT2D eigenvalue weighted by Gasteiger charge is -2.11. The van der Waals surface area contributed by atoms with Crippen molar-refractivity contribution in [3.8, 4) is 0 Å². The van der Waals surface area contributed by atoms with Gasteiger partial charge in [0.2, 0.25) is 5.91 Å². The summed E-state index contributed by atoms with van der Waals surface area (Å²) in [5.41, 5.74) is 1.69. The molecule has 0 heterocycles. The molecule has 0 aliphatic heterocycles. The highest BCUT2D eigenvalue weighted by molar-refractivity contribution is 5.93. The first kappa shape index (κ1) is 16.5. The first-order valence-corrected chi connectivity index (χ1v) is 8.13. The number of carbonyl (C=O) groups is 2. The fraction of sp³-hybridized carbons (Fsp3) is 0.556.